The standard InChI is InChI=1S/C15H17ClN2O2/c1-3-14(19)17-7-6-15(20)18-10(2)8-11-9-12(16)4-5-13(11)18/h3-5,9-10H,1,6-8H2,2H3,(H,17,19). The Balaban J connectivity index is 2.04. The fraction of sp³-hybridized carbons (Fsp3) is 0.333. The van der Waals surface area contributed by atoms with Crippen molar-refractivity contribution < 1.29 is 9.59 Å². The van der Waals surface area contributed by atoms with Crippen molar-refractivity contribution in [3.8, 4) is 0 Å². The average molecular weight is 293 g/mol. The van der Waals surface area contributed by atoms with Gasteiger partial charge < -0.3 is 10.2 Å². The molecule has 1 aliphatic heterocycles. The maximum atomic E-state index is 12.3. The normalized spacial score (nSPS) is 16.7. The molecule has 20 heavy (non-hydrogen) atoms. The van der Waals surface area contributed by atoms with E-state index in [0.29, 0.717) is 11.6 Å². The van der Waals surface area contributed by atoms with E-state index in [1.807, 2.05) is 19.1 Å². The first-order chi connectivity index (χ1) is 9.52. The number of nitrogens with zero attached hydrogens (tertiary/aromatic N) is 1. The molecule has 0 spiro atoms. The second-order valence-corrected chi connectivity index (χ2v) is 5.27. The van der Waals surface area contributed by atoms with Gasteiger partial charge >= 0.3 is 0 Å². The van der Waals surface area contributed by atoms with Crippen LogP contribution in [0.25, 0.3) is 0 Å². The summed E-state index contributed by atoms with van der Waals surface area (Å²) in [6, 6.07) is 5.69. The molecule has 5 heteroatoms. The van der Waals surface area contributed by atoms with Crippen LogP contribution in [0.15, 0.2) is 30.9 Å². The minimum Gasteiger partial charge on any atom is -0.352 e. The lowest BCUT2D eigenvalue weighted by Gasteiger charge is -2.22. The third-order valence-electron chi connectivity index (χ3n) is 3.35. The number of carbonyl (C=O) groups is 2. The highest BCUT2D eigenvalue weighted by Crippen LogP contribution is 2.34. The number of hydrogen-bond donors (Lipinski definition) is 1. The number of nitrogens with one attached hydrogen (secondary N) is 1. The van der Waals surface area contributed by atoms with E-state index in [1.54, 1.807) is 11.0 Å². The highest BCUT2D eigenvalue weighted by Gasteiger charge is 2.30. The van der Waals surface area contributed by atoms with E-state index in [4.69, 9.17) is 11.6 Å². The Labute approximate surface area is 123 Å². The molecule has 0 aliphatic carbocycles. The fourth-order valence-corrected chi connectivity index (χ4v) is 2.66. The van der Waals surface area contributed by atoms with Crippen molar-refractivity contribution in [1.82, 2.24) is 5.32 Å². The summed E-state index contributed by atoms with van der Waals surface area (Å²) in [5.74, 6) is -0.262. The Morgan fingerprint density at radius 1 is 1.55 bits per heavy atom. The summed E-state index contributed by atoms with van der Waals surface area (Å²) in [5.41, 5.74) is 2.01. The zero-order chi connectivity index (χ0) is 14.7. The van der Waals surface area contributed by atoms with Gasteiger partial charge in [-0.3, -0.25) is 9.59 Å². The molecule has 1 heterocycles. The molecule has 2 rings (SSSR count). The van der Waals surface area contributed by atoms with Crippen LogP contribution in [0, 0.1) is 0 Å². The smallest absolute Gasteiger partial charge is 0.243 e. The van der Waals surface area contributed by atoms with Gasteiger partial charge in [0.25, 0.3) is 0 Å². The first-order valence-electron chi connectivity index (χ1n) is 6.53. The van der Waals surface area contributed by atoms with Gasteiger partial charge in [0.15, 0.2) is 0 Å². The monoisotopic (exact) mass is 292 g/mol. The third-order valence-corrected chi connectivity index (χ3v) is 3.58. The quantitative estimate of drug-likeness (QED) is 0.866. The molecule has 0 aromatic heterocycles. The lowest BCUT2D eigenvalue weighted by molar-refractivity contribution is -0.119. The van der Waals surface area contributed by atoms with Crippen LogP contribution in [0.3, 0.4) is 0 Å². The van der Waals surface area contributed by atoms with Gasteiger partial charge in [0.1, 0.15) is 0 Å². The number of amides is 2. The molecule has 4 nitrogen and oxygen atoms in total. The summed E-state index contributed by atoms with van der Waals surface area (Å²) >= 11 is 5.97. The van der Waals surface area contributed by atoms with Crippen LogP contribution in [0.1, 0.15) is 18.9 Å². The van der Waals surface area contributed by atoms with Gasteiger partial charge in [-0.25, -0.2) is 0 Å². The minimum atomic E-state index is -0.264. The molecule has 0 saturated heterocycles. The van der Waals surface area contributed by atoms with Crippen molar-refractivity contribution in [2.75, 3.05) is 11.4 Å². The van der Waals surface area contributed by atoms with Crippen molar-refractivity contribution in [2.45, 2.75) is 25.8 Å². The van der Waals surface area contributed by atoms with Gasteiger partial charge in [-0.15, -0.1) is 0 Å². The first-order valence-corrected chi connectivity index (χ1v) is 6.91. The first kappa shape index (κ1) is 14.6. The lowest BCUT2D eigenvalue weighted by atomic mass is 10.1. The van der Waals surface area contributed by atoms with E-state index in [-0.39, 0.29) is 24.3 Å². The Bertz CT molecular complexity index is 557. The molecule has 0 saturated carbocycles. The number of carbonyl (C=O) groups excluding carboxylic acids is 2. The zero-order valence-corrected chi connectivity index (χ0v) is 12.1. The summed E-state index contributed by atoms with van der Waals surface area (Å²) < 4.78 is 0. The van der Waals surface area contributed by atoms with E-state index in [2.05, 4.69) is 11.9 Å². The molecule has 106 valence electrons. The molecule has 1 unspecified atom stereocenters. The van der Waals surface area contributed by atoms with E-state index in [9.17, 15) is 9.59 Å². The predicted octanol–water partition coefficient (Wildman–Crippen LogP) is 2.31. The molecule has 1 atom stereocenters. The molecule has 0 bridgehead atoms. The second-order valence-electron chi connectivity index (χ2n) is 4.84. The maximum Gasteiger partial charge on any atom is 0.243 e. The summed E-state index contributed by atoms with van der Waals surface area (Å²) in [6.45, 7) is 5.69. The molecular weight excluding hydrogens is 276 g/mol. The van der Waals surface area contributed by atoms with E-state index < -0.39 is 0 Å². The zero-order valence-electron chi connectivity index (χ0n) is 11.4. The van der Waals surface area contributed by atoms with E-state index in [1.165, 1.54) is 6.08 Å². The Morgan fingerprint density at radius 3 is 3.00 bits per heavy atom. The maximum absolute atomic E-state index is 12.3. The van der Waals surface area contributed by atoms with Crippen LogP contribution in [-0.4, -0.2) is 24.4 Å². The van der Waals surface area contributed by atoms with Crippen LogP contribution >= 0.6 is 11.6 Å². The van der Waals surface area contributed by atoms with Crippen LogP contribution in [0.4, 0.5) is 5.69 Å². The van der Waals surface area contributed by atoms with Crippen molar-refractivity contribution in [2.24, 2.45) is 0 Å². The molecule has 1 aromatic rings. The number of anilines is 1. The highest BCUT2D eigenvalue weighted by molar-refractivity contribution is 6.30. The van der Waals surface area contributed by atoms with Gasteiger partial charge in [-0.05, 0) is 43.2 Å². The molecule has 0 radical (unpaired) electrons. The van der Waals surface area contributed by atoms with Crippen molar-refractivity contribution >= 4 is 29.1 Å². The number of benzene rings is 1. The van der Waals surface area contributed by atoms with E-state index >= 15 is 0 Å². The summed E-state index contributed by atoms with van der Waals surface area (Å²) in [7, 11) is 0. The van der Waals surface area contributed by atoms with Crippen molar-refractivity contribution in [1.29, 1.82) is 0 Å². The lowest BCUT2D eigenvalue weighted by Crippen LogP contribution is -2.37. The molecule has 2 amide bonds. The molecule has 1 aromatic carbocycles. The number of halogens is 1. The second kappa shape index (κ2) is 6.09. The topological polar surface area (TPSA) is 49.4 Å². The number of fused-ring (bicyclic) bond motifs is 1. The number of rotatable bonds is 4. The Hall–Kier alpha value is -1.81. The van der Waals surface area contributed by atoms with Gasteiger partial charge in [-0.2, -0.15) is 0 Å². The van der Waals surface area contributed by atoms with Crippen LogP contribution in [0.2, 0.25) is 5.02 Å². The van der Waals surface area contributed by atoms with Crippen LogP contribution in [-0.2, 0) is 16.0 Å². The molecule has 1 aliphatic rings. The number of hydrogen-bond acceptors (Lipinski definition) is 2. The summed E-state index contributed by atoms with van der Waals surface area (Å²) in [6.07, 6.45) is 2.27. The Morgan fingerprint density at radius 2 is 2.30 bits per heavy atom. The SMILES string of the molecule is C=CC(=O)NCCC(=O)N1c2ccc(Cl)cc2CC1C. The largest absolute Gasteiger partial charge is 0.352 e. The van der Waals surface area contributed by atoms with Gasteiger partial charge in [0.2, 0.25) is 11.8 Å². The Kier molecular flexibility index (Phi) is 4.45. The highest BCUT2D eigenvalue weighted by atomic mass is 35.5. The third kappa shape index (κ3) is 3.02. The molecular formula is C15H17ClN2O2. The van der Waals surface area contributed by atoms with Gasteiger partial charge in [0.05, 0.1) is 0 Å². The minimum absolute atomic E-state index is 0.00272. The van der Waals surface area contributed by atoms with Crippen LogP contribution < -0.4 is 10.2 Å². The average Bonchev–Trinajstić information content (AvgIpc) is 2.73. The fourth-order valence-electron chi connectivity index (χ4n) is 2.46. The van der Waals surface area contributed by atoms with E-state index in [0.717, 1.165) is 17.7 Å². The van der Waals surface area contributed by atoms with Crippen LogP contribution in [0.5, 0.6) is 0 Å². The predicted molar refractivity (Wildman–Crippen MR) is 79.9 cm³/mol. The molecule has 1 N–H and O–H groups in total. The van der Waals surface area contributed by atoms with Crippen molar-refractivity contribution in [3.05, 3.63) is 41.4 Å². The molecule has 0 fully saturated rings. The summed E-state index contributed by atoms with van der Waals surface area (Å²) in [5, 5.41) is 3.29. The summed E-state index contributed by atoms with van der Waals surface area (Å²) in [4.78, 5) is 25.1. The van der Waals surface area contributed by atoms with Gasteiger partial charge in [-0.1, -0.05) is 18.2 Å². The van der Waals surface area contributed by atoms with Crippen molar-refractivity contribution in [3.63, 3.8) is 0 Å². The van der Waals surface area contributed by atoms with Gasteiger partial charge in [0, 0.05) is 29.7 Å².